The lowest BCUT2D eigenvalue weighted by Crippen LogP contribution is -2.06. The number of H-pyrrole nitrogens is 1. The molecule has 0 bridgehead atoms. The molecule has 7 heteroatoms. The SMILES string of the molecule is COC(=O)c1ccccc1CCSc1n[nH]c(N)n1. The number of hydrogen-bond donors (Lipinski definition) is 2. The van der Waals surface area contributed by atoms with Crippen LogP contribution in [0.5, 0.6) is 0 Å². The van der Waals surface area contributed by atoms with Gasteiger partial charge in [-0.05, 0) is 18.1 Å². The highest BCUT2D eigenvalue weighted by atomic mass is 32.2. The number of esters is 1. The maximum Gasteiger partial charge on any atom is 0.338 e. The average Bonchev–Trinajstić information content (AvgIpc) is 2.84. The lowest BCUT2D eigenvalue weighted by Gasteiger charge is -2.06. The Labute approximate surface area is 114 Å². The Hall–Kier alpha value is -2.02. The summed E-state index contributed by atoms with van der Waals surface area (Å²) in [6, 6.07) is 7.39. The number of ether oxygens (including phenoxy) is 1. The summed E-state index contributed by atoms with van der Waals surface area (Å²) < 4.78 is 4.75. The first-order valence-electron chi connectivity index (χ1n) is 5.67. The summed E-state index contributed by atoms with van der Waals surface area (Å²) in [6.07, 6.45) is 0.727. The van der Waals surface area contributed by atoms with E-state index in [1.54, 1.807) is 6.07 Å². The molecule has 0 radical (unpaired) electrons. The van der Waals surface area contributed by atoms with E-state index < -0.39 is 0 Å². The second-order valence-corrected chi connectivity index (χ2v) is 4.81. The molecule has 0 spiro atoms. The highest BCUT2D eigenvalue weighted by Crippen LogP contribution is 2.17. The summed E-state index contributed by atoms with van der Waals surface area (Å²) in [5.41, 5.74) is 6.99. The molecule has 0 aliphatic carbocycles. The first-order chi connectivity index (χ1) is 9.20. The largest absolute Gasteiger partial charge is 0.465 e. The molecule has 100 valence electrons. The van der Waals surface area contributed by atoms with E-state index in [0.717, 1.165) is 17.7 Å². The van der Waals surface area contributed by atoms with Crippen LogP contribution in [0, 0.1) is 0 Å². The fourth-order valence-electron chi connectivity index (χ4n) is 1.62. The quantitative estimate of drug-likeness (QED) is 0.636. The molecular weight excluding hydrogens is 264 g/mol. The number of anilines is 1. The minimum absolute atomic E-state index is 0.303. The molecule has 0 aliphatic rings. The van der Waals surface area contributed by atoms with Crippen molar-refractivity contribution in [3.8, 4) is 0 Å². The monoisotopic (exact) mass is 278 g/mol. The molecule has 0 saturated heterocycles. The highest BCUT2D eigenvalue weighted by Gasteiger charge is 2.11. The van der Waals surface area contributed by atoms with Crippen LogP contribution in [-0.4, -0.2) is 34.0 Å². The van der Waals surface area contributed by atoms with Gasteiger partial charge >= 0.3 is 5.97 Å². The predicted octanol–water partition coefficient (Wildman–Crippen LogP) is 1.51. The molecule has 0 atom stereocenters. The van der Waals surface area contributed by atoms with Crippen molar-refractivity contribution < 1.29 is 9.53 Å². The van der Waals surface area contributed by atoms with Crippen LogP contribution in [0.25, 0.3) is 0 Å². The van der Waals surface area contributed by atoms with Gasteiger partial charge < -0.3 is 10.5 Å². The Morgan fingerprint density at radius 1 is 1.47 bits per heavy atom. The number of methoxy groups -OCH3 is 1. The Morgan fingerprint density at radius 2 is 2.26 bits per heavy atom. The number of nitrogens with one attached hydrogen (secondary N) is 1. The van der Waals surface area contributed by atoms with E-state index in [0.29, 0.717) is 16.7 Å². The third-order valence-corrected chi connectivity index (χ3v) is 3.36. The Bertz CT molecular complexity index is 570. The summed E-state index contributed by atoms with van der Waals surface area (Å²) in [5.74, 6) is 0.742. The molecule has 1 aromatic carbocycles. The Morgan fingerprint density at radius 3 is 2.95 bits per heavy atom. The number of hydrogen-bond acceptors (Lipinski definition) is 6. The van der Waals surface area contributed by atoms with Crippen LogP contribution >= 0.6 is 11.8 Å². The predicted molar refractivity (Wildman–Crippen MR) is 73.0 cm³/mol. The van der Waals surface area contributed by atoms with Gasteiger partial charge in [0.05, 0.1) is 12.7 Å². The van der Waals surface area contributed by atoms with Crippen LogP contribution < -0.4 is 5.73 Å². The van der Waals surface area contributed by atoms with Crippen LogP contribution in [0.1, 0.15) is 15.9 Å². The average molecular weight is 278 g/mol. The van der Waals surface area contributed by atoms with Gasteiger partial charge in [-0.2, -0.15) is 4.98 Å². The smallest absolute Gasteiger partial charge is 0.338 e. The Kier molecular flexibility index (Phi) is 4.40. The van der Waals surface area contributed by atoms with Gasteiger partial charge in [0.2, 0.25) is 11.1 Å². The number of aryl methyl sites for hydroxylation is 1. The van der Waals surface area contributed by atoms with Gasteiger partial charge in [0.1, 0.15) is 0 Å². The van der Waals surface area contributed by atoms with Crippen LogP contribution in [0.2, 0.25) is 0 Å². The van der Waals surface area contributed by atoms with Crippen molar-refractivity contribution in [1.29, 1.82) is 0 Å². The molecule has 6 nitrogen and oxygen atoms in total. The minimum Gasteiger partial charge on any atom is -0.465 e. The normalized spacial score (nSPS) is 10.4. The van der Waals surface area contributed by atoms with Crippen molar-refractivity contribution in [2.24, 2.45) is 0 Å². The summed E-state index contributed by atoms with van der Waals surface area (Å²) in [5, 5.41) is 7.11. The van der Waals surface area contributed by atoms with Crippen LogP contribution in [-0.2, 0) is 11.2 Å². The molecular formula is C12H14N4O2S. The standard InChI is InChI=1S/C12H14N4O2S/c1-18-10(17)9-5-3-2-4-8(9)6-7-19-12-14-11(13)15-16-12/h2-5H,6-7H2,1H3,(H3,13,14,15,16). The number of thioether (sulfide) groups is 1. The summed E-state index contributed by atoms with van der Waals surface area (Å²) in [7, 11) is 1.38. The third-order valence-electron chi connectivity index (χ3n) is 2.51. The molecule has 0 saturated carbocycles. The second kappa shape index (κ2) is 6.24. The molecule has 1 heterocycles. The molecule has 19 heavy (non-hydrogen) atoms. The van der Waals surface area contributed by atoms with Gasteiger partial charge in [-0.15, -0.1) is 5.10 Å². The van der Waals surface area contributed by atoms with E-state index in [4.69, 9.17) is 10.5 Å². The van der Waals surface area contributed by atoms with E-state index in [1.807, 2.05) is 18.2 Å². The fraction of sp³-hybridized carbons (Fsp3) is 0.250. The van der Waals surface area contributed by atoms with Crippen LogP contribution in [0.15, 0.2) is 29.4 Å². The minimum atomic E-state index is -0.317. The van der Waals surface area contributed by atoms with E-state index in [2.05, 4.69) is 15.2 Å². The zero-order chi connectivity index (χ0) is 13.7. The van der Waals surface area contributed by atoms with Crippen molar-refractivity contribution in [3.05, 3.63) is 35.4 Å². The zero-order valence-corrected chi connectivity index (χ0v) is 11.2. The molecule has 1 aromatic heterocycles. The topological polar surface area (TPSA) is 93.9 Å². The first kappa shape index (κ1) is 13.4. The van der Waals surface area contributed by atoms with Gasteiger partial charge in [0.15, 0.2) is 0 Å². The maximum atomic E-state index is 11.6. The van der Waals surface area contributed by atoms with Gasteiger partial charge in [0.25, 0.3) is 0 Å². The summed E-state index contributed by atoms with van der Waals surface area (Å²) >= 11 is 1.48. The number of rotatable bonds is 5. The van der Waals surface area contributed by atoms with Crippen LogP contribution in [0.3, 0.4) is 0 Å². The molecule has 0 aliphatic heterocycles. The lowest BCUT2D eigenvalue weighted by atomic mass is 10.1. The highest BCUT2D eigenvalue weighted by molar-refractivity contribution is 7.99. The molecule has 0 amide bonds. The van der Waals surface area contributed by atoms with Crippen molar-refractivity contribution in [1.82, 2.24) is 15.2 Å². The number of aromatic nitrogens is 3. The van der Waals surface area contributed by atoms with Crippen molar-refractivity contribution in [2.75, 3.05) is 18.6 Å². The number of benzene rings is 1. The van der Waals surface area contributed by atoms with Gasteiger partial charge in [-0.25, -0.2) is 9.89 Å². The molecule has 2 rings (SSSR count). The van der Waals surface area contributed by atoms with E-state index in [9.17, 15) is 4.79 Å². The van der Waals surface area contributed by atoms with Crippen LogP contribution in [0.4, 0.5) is 5.95 Å². The molecule has 0 fully saturated rings. The zero-order valence-electron chi connectivity index (χ0n) is 10.4. The third kappa shape index (κ3) is 3.47. The number of nitrogen functional groups attached to an aromatic ring is 1. The number of carbonyl (C=O) groups is 1. The van der Waals surface area contributed by atoms with Crippen molar-refractivity contribution >= 4 is 23.7 Å². The van der Waals surface area contributed by atoms with Gasteiger partial charge in [-0.1, -0.05) is 30.0 Å². The number of aromatic amines is 1. The maximum absolute atomic E-state index is 11.6. The summed E-state index contributed by atoms with van der Waals surface area (Å²) in [6.45, 7) is 0. The number of nitrogens with two attached hydrogens (primary N) is 1. The van der Waals surface area contributed by atoms with Gasteiger partial charge in [0, 0.05) is 5.75 Å². The second-order valence-electron chi connectivity index (χ2n) is 3.75. The van der Waals surface area contributed by atoms with Gasteiger partial charge in [-0.3, -0.25) is 0 Å². The lowest BCUT2D eigenvalue weighted by molar-refractivity contribution is 0.0599. The number of nitrogens with zero attached hydrogens (tertiary/aromatic N) is 2. The molecule has 3 N–H and O–H groups in total. The molecule has 2 aromatic rings. The molecule has 0 unspecified atom stereocenters. The Balaban J connectivity index is 1.97. The van der Waals surface area contributed by atoms with E-state index in [-0.39, 0.29) is 5.97 Å². The summed E-state index contributed by atoms with van der Waals surface area (Å²) in [4.78, 5) is 15.6. The van der Waals surface area contributed by atoms with E-state index >= 15 is 0 Å². The number of carbonyl (C=O) groups excluding carboxylic acids is 1. The van der Waals surface area contributed by atoms with Crippen molar-refractivity contribution in [3.63, 3.8) is 0 Å². The first-order valence-corrected chi connectivity index (χ1v) is 6.66. The van der Waals surface area contributed by atoms with Crippen molar-refractivity contribution in [2.45, 2.75) is 11.6 Å². The fourth-order valence-corrected chi connectivity index (χ4v) is 2.40. The van der Waals surface area contributed by atoms with E-state index in [1.165, 1.54) is 18.9 Å².